The summed E-state index contributed by atoms with van der Waals surface area (Å²) in [6, 6.07) is 11.2. The molecule has 8 heteroatoms. The number of aromatic nitrogens is 1. The highest BCUT2D eigenvalue weighted by molar-refractivity contribution is 9.10. The van der Waals surface area contributed by atoms with Gasteiger partial charge in [0.2, 0.25) is 0 Å². The molecule has 2 aromatic carbocycles. The molecule has 0 aliphatic rings. The maximum absolute atomic E-state index is 15.1. The first kappa shape index (κ1) is 19.8. The summed E-state index contributed by atoms with van der Waals surface area (Å²) in [4.78, 5) is 3.96. The standard InChI is InChI=1S/C20H13BrClFN4O/c21-16-2-1-12(7-18(26)15-10-27-4-3-17(15)25)19(23)20(16)28-14-6-11(9-24)5-13(22)8-14/h1-6,8,10,26H,7H2,(H2,25,27). The van der Waals surface area contributed by atoms with E-state index in [1.54, 1.807) is 18.2 Å². The number of nitrogens with two attached hydrogens (primary N) is 1. The molecule has 0 bridgehead atoms. The highest BCUT2D eigenvalue weighted by Gasteiger charge is 2.17. The summed E-state index contributed by atoms with van der Waals surface area (Å²) in [7, 11) is 0. The number of halogens is 3. The summed E-state index contributed by atoms with van der Waals surface area (Å²) in [5.41, 5.74) is 7.40. The number of hydrogen-bond acceptors (Lipinski definition) is 5. The highest BCUT2D eigenvalue weighted by atomic mass is 79.9. The summed E-state index contributed by atoms with van der Waals surface area (Å²) in [5.74, 6) is -0.455. The van der Waals surface area contributed by atoms with Crippen molar-refractivity contribution in [2.45, 2.75) is 6.42 Å². The van der Waals surface area contributed by atoms with Gasteiger partial charge in [-0.1, -0.05) is 17.7 Å². The van der Waals surface area contributed by atoms with Crippen LogP contribution < -0.4 is 10.5 Å². The van der Waals surface area contributed by atoms with Crippen molar-refractivity contribution in [2.24, 2.45) is 0 Å². The van der Waals surface area contributed by atoms with E-state index < -0.39 is 5.82 Å². The van der Waals surface area contributed by atoms with Crippen LogP contribution in [0.3, 0.4) is 0 Å². The minimum absolute atomic E-state index is 0.00432. The molecule has 0 spiro atoms. The van der Waals surface area contributed by atoms with Crippen LogP contribution in [-0.4, -0.2) is 10.7 Å². The van der Waals surface area contributed by atoms with E-state index in [-0.39, 0.29) is 29.2 Å². The second-order valence-corrected chi connectivity index (χ2v) is 7.15. The van der Waals surface area contributed by atoms with Gasteiger partial charge in [-0.25, -0.2) is 4.39 Å². The number of anilines is 1. The van der Waals surface area contributed by atoms with Crippen molar-refractivity contribution in [3.8, 4) is 17.6 Å². The first-order valence-corrected chi connectivity index (χ1v) is 9.19. The van der Waals surface area contributed by atoms with Crippen LogP contribution in [0, 0.1) is 22.6 Å². The molecule has 0 amide bonds. The van der Waals surface area contributed by atoms with Crippen LogP contribution in [0.25, 0.3) is 0 Å². The first-order chi connectivity index (χ1) is 13.4. The average Bonchev–Trinajstić information content (AvgIpc) is 2.67. The van der Waals surface area contributed by atoms with E-state index in [9.17, 15) is 0 Å². The molecule has 0 aliphatic heterocycles. The third kappa shape index (κ3) is 4.30. The zero-order valence-electron chi connectivity index (χ0n) is 14.3. The molecule has 3 aromatic rings. The molecule has 3 N–H and O–H groups in total. The first-order valence-electron chi connectivity index (χ1n) is 8.01. The van der Waals surface area contributed by atoms with Crippen molar-refractivity contribution in [1.29, 1.82) is 10.7 Å². The molecule has 0 atom stereocenters. The van der Waals surface area contributed by atoms with Gasteiger partial charge in [0, 0.05) is 40.8 Å². The van der Waals surface area contributed by atoms with Gasteiger partial charge in [0.15, 0.2) is 11.6 Å². The Morgan fingerprint density at radius 1 is 1.32 bits per heavy atom. The van der Waals surface area contributed by atoms with Crippen LogP contribution in [0.4, 0.5) is 10.1 Å². The second-order valence-electron chi connectivity index (χ2n) is 5.86. The van der Waals surface area contributed by atoms with E-state index in [4.69, 9.17) is 32.7 Å². The normalized spacial score (nSPS) is 10.4. The van der Waals surface area contributed by atoms with Gasteiger partial charge < -0.3 is 15.9 Å². The van der Waals surface area contributed by atoms with E-state index in [0.29, 0.717) is 26.3 Å². The molecule has 0 unspecified atom stereocenters. The lowest BCUT2D eigenvalue weighted by Gasteiger charge is -2.13. The largest absolute Gasteiger partial charge is 0.453 e. The zero-order chi connectivity index (χ0) is 20.3. The monoisotopic (exact) mass is 458 g/mol. The third-order valence-corrected chi connectivity index (χ3v) is 4.74. The van der Waals surface area contributed by atoms with E-state index in [1.165, 1.54) is 30.6 Å². The van der Waals surface area contributed by atoms with Crippen molar-refractivity contribution in [2.75, 3.05) is 5.73 Å². The lowest BCUT2D eigenvalue weighted by molar-refractivity contribution is 0.436. The number of benzene rings is 2. The molecule has 0 saturated carbocycles. The van der Waals surface area contributed by atoms with Gasteiger partial charge in [-0.15, -0.1) is 0 Å². The molecule has 5 nitrogen and oxygen atoms in total. The van der Waals surface area contributed by atoms with Crippen molar-refractivity contribution in [1.82, 2.24) is 4.98 Å². The fourth-order valence-electron chi connectivity index (χ4n) is 2.55. The average molecular weight is 460 g/mol. The number of nitrogen functional groups attached to an aromatic ring is 1. The predicted molar refractivity (Wildman–Crippen MR) is 110 cm³/mol. The van der Waals surface area contributed by atoms with Crippen LogP contribution in [0.5, 0.6) is 11.5 Å². The SMILES string of the molecule is N#Cc1cc(Cl)cc(Oc2c(Br)ccc(CC(=N)c3cnccc3N)c2F)c1. The lowest BCUT2D eigenvalue weighted by atomic mass is 10.0. The van der Waals surface area contributed by atoms with Crippen LogP contribution >= 0.6 is 27.5 Å². The summed E-state index contributed by atoms with van der Waals surface area (Å²) < 4.78 is 21.1. The van der Waals surface area contributed by atoms with Crippen molar-refractivity contribution < 1.29 is 9.13 Å². The van der Waals surface area contributed by atoms with E-state index in [0.717, 1.165) is 0 Å². The number of hydrogen-bond donors (Lipinski definition) is 2. The van der Waals surface area contributed by atoms with Crippen molar-refractivity contribution in [3.05, 3.63) is 80.8 Å². The maximum Gasteiger partial charge on any atom is 0.177 e. The van der Waals surface area contributed by atoms with Crippen LogP contribution in [0.15, 0.2) is 53.3 Å². The molecular weight excluding hydrogens is 447 g/mol. The fraction of sp³-hybridized carbons (Fsp3) is 0.0500. The zero-order valence-corrected chi connectivity index (χ0v) is 16.7. The number of pyridine rings is 1. The fourth-order valence-corrected chi connectivity index (χ4v) is 3.16. The Morgan fingerprint density at radius 2 is 2.11 bits per heavy atom. The molecule has 0 radical (unpaired) electrons. The predicted octanol–water partition coefficient (Wildman–Crippen LogP) is 5.49. The van der Waals surface area contributed by atoms with Gasteiger partial charge >= 0.3 is 0 Å². The van der Waals surface area contributed by atoms with Gasteiger partial charge in [-0.2, -0.15) is 5.26 Å². The van der Waals surface area contributed by atoms with Crippen LogP contribution in [0.2, 0.25) is 5.02 Å². The summed E-state index contributed by atoms with van der Waals surface area (Å²) in [6.45, 7) is 0. The molecule has 140 valence electrons. The Bertz CT molecular complexity index is 1110. The van der Waals surface area contributed by atoms with E-state index in [2.05, 4.69) is 20.9 Å². The Labute approximate surface area is 174 Å². The number of nitrogens with one attached hydrogen (secondary N) is 1. The molecule has 0 fully saturated rings. The third-order valence-electron chi connectivity index (χ3n) is 3.90. The lowest BCUT2D eigenvalue weighted by Crippen LogP contribution is -2.09. The topological polar surface area (TPSA) is 95.8 Å². The Balaban J connectivity index is 1.92. The Morgan fingerprint density at radius 3 is 2.82 bits per heavy atom. The molecular formula is C20H13BrClFN4O. The van der Waals surface area contributed by atoms with Gasteiger partial charge in [-0.3, -0.25) is 4.98 Å². The van der Waals surface area contributed by atoms with E-state index >= 15 is 4.39 Å². The van der Waals surface area contributed by atoms with Gasteiger partial charge in [-0.05, 0) is 51.8 Å². The van der Waals surface area contributed by atoms with Crippen molar-refractivity contribution in [3.63, 3.8) is 0 Å². The van der Waals surface area contributed by atoms with Crippen LogP contribution in [-0.2, 0) is 6.42 Å². The minimum atomic E-state index is -0.625. The molecule has 3 rings (SSSR count). The minimum Gasteiger partial charge on any atom is -0.453 e. The van der Waals surface area contributed by atoms with E-state index in [1.807, 2.05) is 6.07 Å². The number of rotatable bonds is 5. The second kappa shape index (κ2) is 8.38. The highest BCUT2D eigenvalue weighted by Crippen LogP contribution is 2.36. The number of nitriles is 1. The smallest absolute Gasteiger partial charge is 0.177 e. The van der Waals surface area contributed by atoms with Crippen molar-refractivity contribution >= 4 is 38.9 Å². The molecule has 0 saturated heterocycles. The Kier molecular flexibility index (Phi) is 5.93. The summed E-state index contributed by atoms with van der Waals surface area (Å²) in [6.07, 6.45) is 3.00. The van der Waals surface area contributed by atoms with Gasteiger partial charge in [0.25, 0.3) is 0 Å². The maximum atomic E-state index is 15.1. The molecule has 28 heavy (non-hydrogen) atoms. The molecule has 0 aliphatic carbocycles. The molecule has 1 heterocycles. The van der Waals surface area contributed by atoms with Gasteiger partial charge in [0.05, 0.1) is 16.1 Å². The quantitative estimate of drug-likeness (QED) is 0.493. The number of ether oxygens (including phenoxy) is 1. The van der Waals surface area contributed by atoms with Crippen LogP contribution in [0.1, 0.15) is 16.7 Å². The summed E-state index contributed by atoms with van der Waals surface area (Å²) >= 11 is 9.24. The molecule has 1 aromatic heterocycles. The summed E-state index contributed by atoms with van der Waals surface area (Å²) in [5, 5.41) is 17.6. The number of nitrogens with zero attached hydrogens (tertiary/aromatic N) is 2. The van der Waals surface area contributed by atoms with Gasteiger partial charge in [0.1, 0.15) is 5.75 Å². The Hall–Kier alpha value is -2.95.